The third-order valence-electron chi connectivity index (χ3n) is 5.31. The Morgan fingerprint density at radius 2 is 1.96 bits per heavy atom. The second-order valence-corrected chi connectivity index (χ2v) is 7.20. The molecule has 1 aliphatic carbocycles. The first-order valence-corrected chi connectivity index (χ1v) is 8.98. The summed E-state index contributed by atoms with van der Waals surface area (Å²) in [6, 6.07) is 4.65. The Morgan fingerprint density at radius 1 is 1.12 bits per heavy atom. The molecule has 0 radical (unpaired) electrons. The molecule has 2 fully saturated rings. The third-order valence-corrected chi connectivity index (χ3v) is 5.31. The average molecular weight is 341 g/mol. The van der Waals surface area contributed by atoms with Crippen LogP contribution in [0.2, 0.25) is 0 Å². The molecule has 1 saturated heterocycles. The van der Waals surface area contributed by atoms with Crippen molar-refractivity contribution >= 4 is 11.0 Å². The van der Waals surface area contributed by atoms with Crippen LogP contribution in [0.1, 0.15) is 54.9 Å². The Hall–Kier alpha value is -2.21. The number of likely N-dealkylation sites (tertiary alicyclic amines) is 1. The van der Waals surface area contributed by atoms with Crippen molar-refractivity contribution in [3.8, 4) is 0 Å². The summed E-state index contributed by atoms with van der Waals surface area (Å²) in [5.41, 5.74) is 1.50. The third kappa shape index (κ3) is 2.95. The molecule has 1 aromatic carbocycles. The van der Waals surface area contributed by atoms with Crippen molar-refractivity contribution in [1.82, 2.24) is 15.0 Å². The van der Waals surface area contributed by atoms with E-state index in [9.17, 15) is 4.39 Å². The van der Waals surface area contributed by atoms with Crippen molar-refractivity contribution in [2.45, 2.75) is 44.1 Å². The van der Waals surface area contributed by atoms with E-state index in [2.05, 4.69) is 15.0 Å². The lowest BCUT2D eigenvalue weighted by Gasteiger charge is -2.30. The molecule has 5 rings (SSSR count). The van der Waals surface area contributed by atoms with Crippen LogP contribution in [0.5, 0.6) is 0 Å². The molecule has 1 saturated carbocycles. The summed E-state index contributed by atoms with van der Waals surface area (Å²) in [4.78, 5) is 6.79. The summed E-state index contributed by atoms with van der Waals surface area (Å²) >= 11 is 0. The summed E-state index contributed by atoms with van der Waals surface area (Å²) in [6.45, 7) is 2.79. The minimum atomic E-state index is -0.289. The minimum absolute atomic E-state index is 0.289. The zero-order chi connectivity index (χ0) is 16.8. The number of piperidine rings is 1. The highest BCUT2D eigenvalue weighted by molar-refractivity contribution is 5.79. The highest BCUT2D eigenvalue weighted by Gasteiger charge is 2.29. The number of hydrogen-bond acceptors (Lipinski definition) is 5. The fourth-order valence-corrected chi connectivity index (χ4v) is 3.72. The summed E-state index contributed by atoms with van der Waals surface area (Å²) < 4.78 is 24.5. The van der Waals surface area contributed by atoms with Crippen LogP contribution in [-0.2, 0) is 6.54 Å². The molecule has 6 heteroatoms. The fraction of sp³-hybridized carbons (Fsp3) is 0.474. The van der Waals surface area contributed by atoms with Crippen LogP contribution in [0.25, 0.3) is 11.0 Å². The summed E-state index contributed by atoms with van der Waals surface area (Å²) in [5, 5.41) is 5.14. The van der Waals surface area contributed by atoms with Crippen molar-refractivity contribution in [2.24, 2.45) is 0 Å². The topological polar surface area (TPSA) is 55.3 Å². The number of hydrogen-bond donors (Lipinski definition) is 0. The van der Waals surface area contributed by atoms with Crippen molar-refractivity contribution in [2.75, 3.05) is 13.1 Å². The van der Waals surface area contributed by atoms with Gasteiger partial charge in [0.25, 0.3) is 0 Å². The second-order valence-electron chi connectivity index (χ2n) is 7.20. The summed E-state index contributed by atoms with van der Waals surface area (Å²) in [6.07, 6.45) is 6.33. The number of oxazole rings is 1. The van der Waals surface area contributed by atoms with E-state index in [0.29, 0.717) is 17.4 Å². The molecule has 2 aliphatic rings. The maximum absolute atomic E-state index is 13.3. The van der Waals surface area contributed by atoms with Gasteiger partial charge in [-0.25, -0.2) is 9.37 Å². The number of rotatable bonds is 4. The molecule has 5 nitrogen and oxygen atoms in total. The average Bonchev–Trinajstić information content (AvgIpc) is 3.23. The lowest BCUT2D eigenvalue weighted by molar-refractivity contribution is 0.187. The highest BCUT2D eigenvalue weighted by atomic mass is 19.1. The Bertz CT molecular complexity index is 891. The lowest BCUT2D eigenvalue weighted by atomic mass is 9.91. The van der Waals surface area contributed by atoms with Crippen LogP contribution < -0.4 is 0 Å². The molecule has 0 amide bonds. The van der Waals surface area contributed by atoms with Crippen LogP contribution in [-0.4, -0.2) is 28.1 Å². The van der Waals surface area contributed by atoms with Crippen molar-refractivity contribution in [3.63, 3.8) is 0 Å². The zero-order valence-corrected chi connectivity index (χ0v) is 13.9. The van der Waals surface area contributed by atoms with E-state index in [1.54, 1.807) is 6.07 Å². The molecule has 0 N–H and O–H groups in total. The van der Waals surface area contributed by atoms with Gasteiger partial charge < -0.3 is 8.94 Å². The normalized spacial score (nSPS) is 19.7. The standard InChI is InChI=1S/C19H20FN3O2/c20-14-3-4-16-17(9-14)25-22-18(16)12-5-7-23(8-6-12)11-15-10-21-19(24-15)13-1-2-13/h3-4,9-10,12-13H,1-2,5-8,11H2. The second kappa shape index (κ2) is 5.95. The zero-order valence-electron chi connectivity index (χ0n) is 13.9. The van der Waals surface area contributed by atoms with Gasteiger partial charge in [-0.05, 0) is 50.9 Å². The Kier molecular flexibility index (Phi) is 3.59. The Labute approximate surface area is 144 Å². The van der Waals surface area contributed by atoms with E-state index >= 15 is 0 Å². The summed E-state index contributed by atoms with van der Waals surface area (Å²) in [7, 11) is 0. The molecule has 25 heavy (non-hydrogen) atoms. The largest absolute Gasteiger partial charge is 0.444 e. The van der Waals surface area contributed by atoms with Gasteiger partial charge in [0.2, 0.25) is 0 Å². The maximum Gasteiger partial charge on any atom is 0.197 e. The SMILES string of the molecule is Fc1ccc2c(C3CCN(Cc4cnc(C5CC5)o4)CC3)noc2c1. The maximum atomic E-state index is 13.3. The van der Waals surface area contributed by atoms with Gasteiger partial charge in [-0.15, -0.1) is 0 Å². The summed E-state index contributed by atoms with van der Waals surface area (Å²) in [5.74, 6) is 2.50. The van der Waals surface area contributed by atoms with Crippen molar-refractivity contribution < 1.29 is 13.3 Å². The van der Waals surface area contributed by atoms with Crippen LogP contribution in [0.15, 0.2) is 33.3 Å². The van der Waals surface area contributed by atoms with Gasteiger partial charge in [0.05, 0.1) is 18.4 Å². The predicted molar refractivity (Wildman–Crippen MR) is 89.7 cm³/mol. The molecule has 3 aromatic rings. The molecule has 0 unspecified atom stereocenters. The molecule has 2 aromatic heterocycles. The van der Waals surface area contributed by atoms with E-state index in [4.69, 9.17) is 8.94 Å². The highest BCUT2D eigenvalue weighted by Crippen LogP contribution is 2.39. The number of benzene rings is 1. The van der Waals surface area contributed by atoms with Gasteiger partial charge in [0.15, 0.2) is 11.5 Å². The van der Waals surface area contributed by atoms with Crippen LogP contribution in [0.4, 0.5) is 4.39 Å². The van der Waals surface area contributed by atoms with Gasteiger partial charge in [-0.1, -0.05) is 5.16 Å². The number of fused-ring (bicyclic) bond motifs is 1. The molecule has 1 aliphatic heterocycles. The van der Waals surface area contributed by atoms with E-state index in [1.807, 2.05) is 6.20 Å². The first kappa shape index (κ1) is 15.1. The van der Waals surface area contributed by atoms with Gasteiger partial charge in [0.1, 0.15) is 11.6 Å². The van der Waals surface area contributed by atoms with Gasteiger partial charge in [-0.2, -0.15) is 0 Å². The molecule has 3 heterocycles. The molecular weight excluding hydrogens is 321 g/mol. The predicted octanol–water partition coefficient (Wildman–Crippen LogP) is 4.21. The van der Waals surface area contributed by atoms with E-state index < -0.39 is 0 Å². The molecular formula is C19H20FN3O2. The lowest BCUT2D eigenvalue weighted by Crippen LogP contribution is -2.32. The van der Waals surface area contributed by atoms with Crippen molar-refractivity contribution in [3.05, 3.63) is 47.6 Å². The first-order chi connectivity index (χ1) is 12.3. The fourth-order valence-electron chi connectivity index (χ4n) is 3.72. The number of nitrogens with zero attached hydrogens (tertiary/aromatic N) is 3. The molecule has 0 spiro atoms. The van der Waals surface area contributed by atoms with Gasteiger partial charge in [-0.3, -0.25) is 4.90 Å². The number of halogens is 1. The van der Waals surface area contributed by atoms with Crippen LogP contribution in [0.3, 0.4) is 0 Å². The Morgan fingerprint density at radius 3 is 2.76 bits per heavy atom. The molecule has 0 bridgehead atoms. The quantitative estimate of drug-likeness (QED) is 0.711. The van der Waals surface area contributed by atoms with Crippen LogP contribution in [0, 0.1) is 5.82 Å². The van der Waals surface area contributed by atoms with Gasteiger partial charge >= 0.3 is 0 Å². The van der Waals surface area contributed by atoms with Gasteiger partial charge in [0, 0.05) is 23.3 Å². The number of aromatic nitrogens is 2. The monoisotopic (exact) mass is 341 g/mol. The molecule has 0 atom stereocenters. The molecule has 130 valence electrons. The van der Waals surface area contributed by atoms with E-state index in [0.717, 1.165) is 55.2 Å². The van der Waals surface area contributed by atoms with E-state index in [1.165, 1.54) is 25.0 Å². The smallest absolute Gasteiger partial charge is 0.197 e. The Balaban J connectivity index is 1.24. The first-order valence-electron chi connectivity index (χ1n) is 8.98. The van der Waals surface area contributed by atoms with E-state index in [-0.39, 0.29) is 5.82 Å². The van der Waals surface area contributed by atoms with Crippen LogP contribution >= 0.6 is 0 Å². The minimum Gasteiger partial charge on any atom is -0.444 e. The van der Waals surface area contributed by atoms with Crippen molar-refractivity contribution in [1.29, 1.82) is 0 Å².